The van der Waals surface area contributed by atoms with Gasteiger partial charge in [-0.1, -0.05) is 17.7 Å². The first-order chi connectivity index (χ1) is 17.6. The summed E-state index contributed by atoms with van der Waals surface area (Å²) in [5.74, 6) is -0.0591. The van der Waals surface area contributed by atoms with Crippen LogP contribution in [0.4, 0.5) is 20.6 Å². The molecule has 10 heteroatoms. The predicted octanol–water partition coefficient (Wildman–Crippen LogP) is 5.41. The number of anilines is 2. The SMILES string of the molecule is CC(Nc1c(Cl)cnc2ccc(-c3cnc(C(C)(C)O)nc3)cc12)c1cc(N2CCNC2=O)ccc1F. The summed E-state index contributed by atoms with van der Waals surface area (Å²) in [7, 11) is 0. The van der Waals surface area contributed by atoms with Crippen molar-refractivity contribution in [3.05, 3.63) is 77.2 Å². The van der Waals surface area contributed by atoms with Gasteiger partial charge in [-0.3, -0.25) is 9.88 Å². The predicted molar refractivity (Wildman–Crippen MR) is 142 cm³/mol. The summed E-state index contributed by atoms with van der Waals surface area (Å²) in [5.41, 5.74) is 2.81. The highest BCUT2D eigenvalue weighted by molar-refractivity contribution is 6.34. The average Bonchev–Trinajstić information content (AvgIpc) is 3.31. The summed E-state index contributed by atoms with van der Waals surface area (Å²) in [6.45, 7) is 6.16. The fourth-order valence-electron chi connectivity index (χ4n) is 4.33. The molecule has 1 aliphatic heterocycles. The Morgan fingerprint density at radius 2 is 1.86 bits per heavy atom. The van der Waals surface area contributed by atoms with Crippen LogP contribution in [0.1, 0.15) is 38.2 Å². The molecule has 1 unspecified atom stereocenters. The normalized spacial score (nSPS) is 14.6. The summed E-state index contributed by atoms with van der Waals surface area (Å²) >= 11 is 6.57. The minimum absolute atomic E-state index is 0.201. The molecule has 2 amide bonds. The highest BCUT2D eigenvalue weighted by atomic mass is 35.5. The Labute approximate surface area is 218 Å². The number of hydrogen-bond acceptors (Lipinski definition) is 6. The van der Waals surface area contributed by atoms with E-state index < -0.39 is 11.6 Å². The molecule has 3 heterocycles. The van der Waals surface area contributed by atoms with Gasteiger partial charge < -0.3 is 15.7 Å². The summed E-state index contributed by atoms with van der Waals surface area (Å²) in [5, 5.41) is 17.4. The van der Waals surface area contributed by atoms with Crippen molar-refractivity contribution in [2.24, 2.45) is 0 Å². The van der Waals surface area contributed by atoms with Gasteiger partial charge in [-0.2, -0.15) is 0 Å². The standard InChI is InChI=1S/C27H26ClFN6O2/c1-15(19-11-18(5-6-22(19)29)35-9-8-30-26(35)36)34-24-20-10-16(4-7-23(20)31-14-21(24)28)17-12-32-25(33-13-17)27(2,3)37/h4-7,10-15,37H,8-9H2,1-3H3,(H,30,36)(H,31,34). The van der Waals surface area contributed by atoms with Crippen molar-refractivity contribution >= 4 is 39.9 Å². The lowest BCUT2D eigenvalue weighted by Gasteiger charge is -2.21. The third-order valence-corrected chi connectivity index (χ3v) is 6.62. The van der Waals surface area contributed by atoms with Crippen LogP contribution in [0.15, 0.2) is 55.0 Å². The number of amides is 2. The lowest BCUT2D eigenvalue weighted by Crippen LogP contribution is -2.28. The number of aromatic nitrogens is 3. The van der Waals surface area contributed by atoms with Crippen molar-refractivity contribution in [2.45, 2.75) is 32.4 Å². The number of rotatable bonds is 6. The highest BCUT2D eigenvalue weighted by Gasteiger charge is 2.24. The summed E-state index contributed by atoms with van der Waals surface area (Å²) in [4.78, 5) is 26.7. The fraction of sp³-hybridized carbons (Fsp3) is 0.259. The molecule has 1 atom stereocenters. The maximum absolute atomic E-state index is 14.9. The van der Waals surface area contributed by atoms with E-state index in [9.17, 15) is 14.3 Å². The van der Waals surface area contributed by atoms with Gasteiger partial charge in [-0.05, 0) is 56.7 Å². The maximum Gasteiger partial charge on any atom is 0.321 e. The highest BCUT2D eigenvalue weighted by Crippen LogP contribution is 2.36. The summed E-state index contributed by atoms with van der Waals surface area (Å²) < 4.78 is 14.9. The van der Waals surface area contributed by atoms with Crippen LogP contribution in [0.5, 0.6) is 0 Å². The van der Waals surface area contributed by atoms with E-state index in [1.54, 1.807) is 49.5 Å². The first-order valence-electron chi connectivity index (χ1n) is 11.9. The van der Waals surface area contributed by atoms with Gasteiger partial charge in [-0.15, -0.1) is 0 Å². The van der Waals surface area contributed by atoms with Crippen LogP contribution in [0.2, 0.25) is 5.02 Å². The van der Waals surface area contributed by atoms with Gasteiger partial charge in [0.2, 0.25) is 0 Å². The van der Waals surface area contributed by atoms with E-state index in [2.05, 4.69) is 25.6 Å². The van der Waals surface area contributed by atoms with Gasteiger partial charge in [0, 0.05) is 53.9 Å². The van der Waals surface area contributed by atoms with E-state index in [1.165, 1.54) is 6.07 Å². The lowest BCUT2D eigenvalue weighted by atomic mass is 10.0. The van der Waals surface area contributed by atoms with Crippen molar-refractivity contribution in [3.63, 3.8) is 0 Å². The molecule has 4 aromatic rings. The van der Waals surface area contributed by atoms with Crippen molar-refractivity contribution < 1.29 is 14.3 Å². The quantitative estimate of drug-likeness (QED) is 0.314. The third-order valence-electron chi connectivity index (χ3n) is 6.33. The Bertz CT molecular complexity index is 1490. The van der Waals surface area contributed by atoms with Crippen molar-refractivity contribution in [2.75, 3.05) is 23.3 Å². The van der Waals surface area contributed by atoms with Crippen molar-refractivity contribution in [1.29, 1.82) is 0 Å². The van der Waals surface area contributed by atoms with Gasteiger partial charge in [-0.25, -0.2) is 19.2 Å². The molecule has 0 radical (unpaired) electrons. The molecule has 1 saturated heterocycles. The second-order valence-corrected chi connectivity index (χ2v) is 9.93. The maximum atomic E-state index is 14.9. The van der Waals surface area contributed by atoms with Crippen LogP contribution >= 0.6 is 11.6 Å². The van der Waals surface area contributed by atoms with Crippen LogP contribution in [-0.2, 0) is 5.60 Å². The number of carbonyl (C=O) groups is 1. The van der Waals surface area contributed by atoms with E-state index in [0.29, 0.717) is 46.4 Å². The third kappa shape index (κ3) is 4.92. The number of urea groups is 1. The molecule has 0 aliphatic carbocycles. The molecule has 2 aromatic carbocycles. The minimum Gasteiger partial charge on any atom is -0.382 e. The second kappa shape index (κ2) is 9.57. The molecule has 5 rings (SSSR count). The number of nitrogens with zero attached hydrogens (tertiary/aromatic N) is 4. The summed E-state index contributed by atoms with van der Waals surface area (Å²) in [6.07, 6.45) is 4.87. The summed E-state index contributed by atoms with van der Waals surface area (Å²) in [6, 6.07) is 9.69. The molecule has 0 spiro atoms. The monoisotopic (exact) mass is 520 g/mol. The topological polar surface area (TPSA) is 103 Å². The first-order valence-corrected chi connectivity index (χ1v) is 12.2. The van der Waals surface area contributed by atoms with E-state index >= 15 is 0 Å². The number of aliphatic hydroxyl groups is 1. The smallest absolute Gasteiger partial charge is 0.321 e. The van der Waals surface area contributed by atoms with Crippen molar-refractivity contribution in [3.8, 4) is 11.1 Å². The molecule has 8 nitrogen and oxygen atoms in total. The van der Waals surface area contributed by atoms with Gasteiger partial charge in [0.1, 0.15) is 11.4 Å². The number of nitrogens with one attached hydrogen (secondary N) is 2. The zero-order chi connectivity index (χ0) is 26.3. The number of pyridine rings is 1. The molecule has 2 aromatic heterocycles. The number of carbonyl (C=O) groups excluding carboxylic acids is 1. The Morgan fingerprint density at radius 3 is 2.54 bits per heavy atom. The Morgan fingerprint density at radius 1 is 1.11 bits per heavy atom. The molecule has 1 fully saturated rings. The van der Waals surface area contributed by atoms with E-state index in [4.69, 9.17) is 11.6 Å². The van der Waals surface area contributed by atoms with E-state index in [0.717, 1.165) is 16.5 Å². The molecule has 0 saturated carbocycles. The molecule has 190 valence electrons. The molecule has 3 N–H and O–H groups in total. The van der Waals surface area contributed by atoms with Gasteiger partial charge in [0.05, 0.1) is 22.3 Å². The fourth-order valence-corrected chi connectivity index (χ4v) is 4.54. The second-order valence-electron chi connectivity index (χ2n) is 9.52. The molecular weight excluding hydrogens is 495 g/mol. The number of hydrogen-bond donors (Lipinski definition) is 3. The average molecular weight is 521 g/mol. The minimum atomic E-state index is -1.14. The van der Waals surface area contributed by atoms with Crippen LogP contribution in [0, 0.1) is 5.82 Å². The van der Waals surface area contributed by atoms with Crippen LogP contribution < -0.4 is 15.5 Å². The van der Waals surface area contributed by atoms with Crippen molar-refractivity contribution in [1.82, 2.24) is 20.3 Å². The van der Waals surface area contributed by atoms with E-state index in [1.807, 2.05) is 25.1 Å². The van der Waals surface area contributed by atoms with Crippen LogP contribution in [0.3, 0.4) is 0 Å². The van der Waals surface area contributed by atoms with Gasteiger partial charge in [0.25, 0.3) is 0 Å². The molecule has 0 bridgehead atoms. The van der Waals surface area contributed by atoms with Gasteiger partial charge >= 0.3 is 6.03 Å². The molecule has 1 aliphatic rings. The van der Waals surface area contributed by atoms with Crippen LogP contribution in [0.25, 0.3) is 22.0 Å². The lowest BCUT2D eigenvalue weighted by molar-refractivity contribution is 0.0687. The van der Waals surface area contributed by atoms with Gasteiger partial charge in [0.15, 0.2) is 5.82 Å². The Hall–Kier alpha value is -3.82. The zero-order valence-corrected chi connectivity index (χ0v) is 21.3. The zero-order valence-electron chi connectivity index (χ0n) is 20.6. The van der Waals surface area contributed by atoms with E-state index in [-0.39, 0.29) is 11.8 Å². The number of fused-ring (bicyclic) bond motifs is 1. The largest absolute Gasteiger partial charge is 0.382 e. The molecular formula is C27H26ClFN6O2. The Kier molecular flexibility index (Phi) is 6.43. The first kappa shape index (κ1) is 24.9. The number of halogens is 2. The number of benzene rings is 2. The molecule has 37 heavy (non-hydrogen) atoms. The van der Waals surface area contributed by atoms with Crippen LogP contribution in [-0.4, -0.2) is 39.2 Å². The Balaban J connectivity index is 1.50.